The van der Waals surface area contributed by atoms with Crippen molar-refractivity contribution in [1.82, 2.24) is 4.90 Å². The van der Waals surface area contributed by atoms with E-state index in [0.717, 1.165) is 25.4 Å². The highest BCUT2D eigenvalue weighted by Gasteiger charge is 2.16. The van der Waals surface area contributed by atoms with Crippen molar-refractivity contribution >= 4 is 0 Å². The first-order valence-corrected chi connectivity index (χ1v) is 5.23. The molecule has 1 aliphatic rings. The summed E-state index contributed by atoms with van der Waals surface area (Å²) in [6.45, 7) is 5.41. The van der Waals surface area contributed by atoms with Gasteiger partial charge in [0.2, 0.25) is 0 Å². The predicted octanol–water partition coefficient (Wildman–Crippen LogP) is 1.79. The Hall–Kier alpha value is -1.06. The largest absolute Gasteiger partial charge is 0.478 e. The van der Waals surface area contributed by atoms with Gasteiger partial charge in [0.25, 0.3) is 0 Å². The third kappa shape index (κ3) is 2.49. The second-order valence-corrected chi connectivity index (χ2v) is 3.93. The van der Waals surface area contributed by atoms with Gasteiger partial charge in [-0.3, -0.25) is 4.90 Å². The molecule has 0 amide bonds. The second kappa shape index (κ2) is 4.64. The minimum atomic E-state index is 0.666. The molecule has 1 aromatic rings. The lowest BCUT2D eigenvalue weighted by Gasteiger charge is -2.28. The van der Waals surface area contributed by atoms with Crippen molar-refractivity contribution in [2.75, 3.05) is 27.0 Å². The Morgan fingerprint density at radius 1 is 1.47 bits per heavy atom. The van der Waals surface area contributed by atoms with Crippen LogP contribution in [0, 0.1) is 6.92 Å². The van der Waals surface area contributed by atoms with E-state index >= 15 is 0 Å². The van der Waals surface area contributed by atoms with E-state index in [-0.39, 0.29) is 0 Å². The molecule has 0 N–H and O–H groups in total. The second-order valence-electron chi connectivity index (χ2n) is 3.93. The summed E-state index contributed by atoms with van der Waals surface area (Å²) < 4.78 is 10.7. The van der Waals surface area contributed by atoms with E-state index in [1.807, 2.05) is 0 Å². The molecule has 15 heavy (non-hydrogen) atoms. The quantitative estimate of drug-likeness (QED) is 0.754. The number of hydrogen-bond acceptors (Lipinski definition) is 3. The van der Waals surface area contributed by atoms with Crippen LogP contribution in [-0.2, 0) is 11.3 Å². The van der Waals surface area contributed by atoms with Gasteiger partial charge in [-0.25, -0.2) is 0 Å². The molecule has 3 nitrogen and oxygen atoms in total. The van der Waals surface area contributed by atoms with Crippen LogP contribution in [0.3, 0.4) is 0 Å². The number of nitrogens with zero attached hydrogens (tertiary/aromatic N) is 1. The van der Waals surface area contributed by atoms with E-state index in [9.17, 15) is 0 Å². The Labute approximate surface area is 90.6 Å². The summed E-state index contributed by atoms with van der Waals surface area (Å²) in [6.07, 6.45) is 0. The van der Waals surface area contributed by atoms with E-state index in [1.54, 1.807) is 7.11 Å². The molecule has 0 fully saturated rings. The molecule has 82 valence electrons. The number of rotatable bonds is 3. The smallest absolute Gasteiger partial charge is 0.142 e. The van der Waals surface area contributed by atoms with Crippen molar-refractivity contribution in [3.63, 3.8) is 0 Å². The fourth-order valence-corrected chi connectivity index (χ4v) is 1.78. The van der Waals surface area contributed by atoms with Gasteiger partial charge in [0.1, 0.15) is 12.5 Å². The first-order valence-electron chi connectivity index (χ1n) is 5.23. The molecule has 0 saturated heterocycles. The fourth-order valence-electron chi connectivity index (χ4n) is 1.78. The fraction of sp³-hybridized carbons (Fsp3) is 0.500. The van der Waals surface area contributed by atoms with Crippen molar-refractivity contribution in [3.05, 3.63) is 29.3 Å². The van der Waals surface area contributed by atoms with Crippen LogP contribution in [0.15, 0.2) is 18.2 Å². The molecule has 0 spiro atoms. The summed E-state index contributed by atoms with van der Waals surface area (Å²) in [7, 11) is 1.73. The number of aryl methyl sites for hydroxylation is 1. The zero-order valence-electron chi connectivity index (χ0n) is 9.32. The zero-order valence-corrected chi connectivity index (χ0v) is 9.32. The van der Waals surface area contributed by atoms with Gasteiger partial charge in [0.15, 0.2) is 0 Å². The molecule has 1 heterocycles. The monoisotopic (exact) mass is 207 g/mol. The Kier molecular flexibility index (Phi) is 3.23. The molecule has 0 atom stereocenters. The molecule has 0 radical (unpaired) electrons. The molecular weight excluding hydrogens is 190 g/mol. The van der Waals surface area contributed by atoms with Gasteiger partial charge in [-0.15, -0.1) is 0 Å². The van der Waals surface area contributed by atoms with Gasteiger partial charge >= 0.3 is 0 Å². The van der Waals surface area contributed by atoms with Crippen LogP contribution in [-0.4, -0.2) is 31.9 Å². The predicted molar refractivity (Wildman–Crippen MR) is 59.0 cm³/mol. The molecular formula is C12H17NO2. The highest BCUT2D eigenvalue weighted by atomic mass is 16.5. The maximum atomic E-state index is 5.66. The first kappa shape index (κ1) is 10.5. The average molecular weight is 207 g/mol. The standard InChI is InChI=1S/C12H17NO2/c1-10-3-4-12-11(7-10)8-13(9-15-12)5-6-14-2/h3-4,7H,5-6,8-9H2,1-2H3. The topological polar surface area (TPSA) is 21.7 Å². The SMILES string of the molecule is COCCN1COc2ccc(C)cc2C1. The van der Waals surface area contributed by atoms with Gasteiger partial charge in [-0.1, -0.05) is 17.7 Å². The third-order valence-corrected chi connectivity index (χ3v) is 2.62. The molecule has 0 aromatic heterocycles. The number of methoxy groups -OCH3 is 1. The van der Waals surface area contributed by atoms with Gasteiger partial charge in [0.05, 0.1) is 6.61 Å². The minimum Gasteiger partial charge on any atom is -0.478 e. The summed E-state index contributed by atoms with van der Waals surface area (Å²) in [6, 6.07) is 6.33. The molecule has 2 rings (SSSR count). The number of ether oxygens (including phenoxy) is 2. The highest BCUT2D eigenvalue weighted by Crippen LogP contribution is 2.25. The zero-order chi connectivity index (χ0) is 10.7. The summed E-state index contributed by atoms with van der Waals surface area (Å²) >= 11 is 0. The molecule has 0 bridgehead atoms. The van der Waals surface area contributed by atoms with E-state index in [2.05, 4.69) is 30.0 Å². The minimum absolute atomic E-state index is 0.666. The average Bonchev–Trinajstić information content (AvgIpc) is 2.25. The lowest BCUT2D eigenvalue weighted by Crippen LogP contribution is -2.34. The van der Waals surface area contributed by atoms with E-state index in [4.69, 9.17) is 9.47 Å². The number of hydrogen-bond donors (Lipinski definition) is 0. The Bertz CT molecular complexity index is 338. The van der Waals surface area contributed by atoms with Crippen LogP contribution >= 0.6 is 0 Å². The van der Waals surface area contributed by atoms with Gasteiger partial charge in [-0.2, -0.15) is 0 Å². The Morgan fingerprint density at radius 3 is 3.13 bits per heavy atom. The van der Waals surface area contributed by atoms with Crippen LogP contribution in [0.1, 0.15) is 11.1 Å². The lowest BCUT2D eigenvalue weighted by molar-refractivity contribution is 0.0656. The summed E-state index contributed by atoms with van der Waals surface area (Å²) in [5.74, 6) is 1.02. The van der Waals surface area contributed by atoms with E-state index in [0.29, 0.717) is 6.73 Å². The summed E-state index contributed by atoms with van der Waals surface area (Å²) in [4.78, 5) is 2.24. The molecule has 0 unspecified atom stereocenters. The van der Waals surface area contributed by atoms with Crippen LogP contribution in [0.2, 0.25) is 0 Å². The molecule has 3 heteroatoms. The van der Waals surface area contributed by atoms with Gasteiger partial charge < -0.3 is 9.47 Å². The summed E-state index contributed by atoms with van der Waals surface area (Å²) in [5.41, 5.74) is 2.56. The maximum Gasteiger partial charge on any atom is 0.142 e. The Morgan fingerprint density at radius 2 is 2.33 bits per heavy atom. The van der Waals surface area contributed by atoms with Crippen molar-refractivity contribution in [2.45, 2.75) is 13.5 Å². The molecule has 1 aliphatic heterocycles. The van der Waals surface area contributed by atoms with Crippen LogP contribution in [0.25, 0.3) is 0 Å². The first-order chi connectivity index (χ1) is 7.29. The maximum absolute atomic E-state index is 5.66. The van der Waals surface area contributed by atoms with Crippen molar-refractivity contribution in [3.8, 4) is 5.75 Å². The normalized spacial score (nSPS) is 15.9. The van der Waals surface area contributed by atoms with Crippen LogP contribution < -0.4 is 4.74 Å². The highest BCUT2D eigenvalue weighted by molar-refractivity contribution is 5.37. The van der Waals surface area contributed by atoms with Gasteiger partial charge in [-0.05, 0) is 13.0 Å². The number of benzene rings is 1. The van der Waals surface area contributed by atoms with Gasteiger partial charge in [0, 0.05) is 25.8 Å². The Balaban J connectivity index is 2.05. The van der Waals surface area contributed by atoms with Crippen molar-refractivity contribution in [1.29, 1.82) is 0 Å². The molecule has 1 aromatic carbocycles. The van der Waals surface area contributed by atoms with Crippen LogP contribution in [0.4, 0.5) is 0 Å². The summed E-state index contributed by atoms with van der Waals surface area (Å²) in [5, 5.41) is 0. The molecule has 0 aliphatic carbocycles. The van der Waals surface area contributed by atoms with E-state index < -0.39 is 0 Å². The third-order valence-electron chi connectivity index (χ3n) is 2.62. The lowest BCUT2D eigenvalue weighted by atomic mass is 10.1. The number of fused-ring (bicyclic) bond motifs is 1. The van der Waals surface area contributed by atoms with Crippen LogP contribution in [0.5, 0.6) is 5.75 Å². The van der Waals surface area contributed by atoms with Crippen molar-refractivity contribution < 1.29 is 9.47 Å². The van der Waals surface area contributed by atoms with Crippen molar-refractivity contribution in [2.24, 2.45) is 0 Å². The molecule has 0 saturated carbocycles. The van der Waals surface area contributed by atoms with E-state index in [1.165, 1.54) is 11.1 Å².